The van der Waals surface area contributed by atoms with E-state index in [2.05, 4.69) is 103 Å². The van der Waals surface area contributed by atoms with E-state index >= 15 is 0 Å². The minimum Gasteiger partial charge on any atom is -0.488 e. The van der Waals surface area contributed by atoms with Crippen molar-refractivity contribution < 1.29 is 9.53 Å². The Balaban J connectivity index is 1.36. The van der Waals surface area contributed by atoms with Crippen molar-refractivity contribution >= 4 is 5.91 Å². The zero-order valence-electron chi connectivity index (χ0n) is 21.3. The quantitative estimate of drug-likeness (QED) is 0.511. The van der Waals surface area contributed by atoms with Crippen LogP contribution in [0.5, 0.6) is 5.75 Å². The van der Waals surface area contributed by atoms with E-state index in [9.17, 15) is 4.79 Å². The first-order chi connectivity index (χ1) is 17.5. The summed E-state index contributed by atoms with van der Waals surface area (Å²) in [6, 6.07) is 29.9. The Labute approximate surface area is 214 Å². The van der Waals surface area contributed by atoms with Crippen LogP contribution in [-0.2, 0) is 10.2 Å². The van der Waals surface area contributed by atoms with Crippen LogP contribution in [0.4, 0.5) is 0 Å². The Bertz CT molecular complexity index is 1230. The van der Waals surface area contributed by atoms with Crippen LogP contribution in [0.15, 0.2) is 84.9 Å². The van der Waals surface area contributed by atoms with E-state index < -0.39 is 0 Å². The molecule has 186 valence electrons. The SMILES string of the molecule is CC1(C)C[C@]2(CNC[C@H]2C(=O)N2CC[C@@H](c3ccccc3)C[C@H]2c2ccccc2)c2ccccc2O1. The van der Waals surface area contributed by atoms with Gasteiger partial charge in [0.25, 0.3) is 0 Å². The lowest BCUT2D eigenvalue weighted by Crippen LogP contribution is -2.54. The summed E-state index contributed by atoms with van der Waals surface area (Å²) in [5, 5.41) is 3.62. The Hall–Kier alpha value is -3.11. The number of nitrogens with one attached hydrogen (secondary N) is 1. The summed E-state index contributed by atoms with van der Waals surface area (Å²) in [6.45, 7) is 6.62. The molecule has 6 rings (SSSR count). The number of hydrogen-bond donors (Lipinski definition) is 1. The Morgan fingerprint density at radius 3 is 2.33 bits per heavy atom. The predicted octanol–water partition coefficient (Wildman–Crippen LogP) is 5.85. The molecule has 3 aromatic carbocycles. The van der Waals surface area contributed by atoms with Gasteiger partial charge in [-0.2, -0.15) is 0 Å². The summed E-state index contributed by atoms with van der Waals surface area (Å²) in [6.07, 6.45) is 2.78. The Morgan fingerprint density at radius 1 is 0.917 bits per heavy atom. The number of fused-ring (bicyclic) bond motifs is 2. The van der Waals surface area contributed by atoms with Crippen LogP contribution in [0.25, 0.3) is 0 Å². The first-order valence-electron chi connectivity index (χ1n) is 13.4. The lowest BCUT2D eigenvalue weighted by atomic mass is 9.64. The van der Waals surface area contributed by atoms with Crippen LogP contribution in [0.3, 0.4) is 0 Å². The van der Waals surface area contributed by atoms with Gasteiger partial charge in [0.1, 0.15) is 11.4 Å². The van der Waals surface area contributed by atoms with Crippen molar-refractivity contribution in [3.05, 3.63) is 102 Å². The molecule has 0 saturated carbocycles. The van der Waals surface area contributed by atoms with Crippen molar-refractivity contribution in [2.24, 2.45) is 5.92 Å². The largest absolute Gasteiger partial charge is 0.488 e. The molecule has 4 atom stereocenters. The molecule has 36 heavy (non-hydrogen) atoms. The maximum absolute atomic E-state index is 14.6. The summed E-state index contributed by atoms with van der Waals surface area (Å²) in [5.41, 5.74) is 3.22. The van der Waals surface area contributed by atoms with Gasteiger partial charge in [0.05, 0.1) is 12.0 Å². The number of amides is 1. The number of piperidine rings is 1. The molecular formula is C32H36N2O2. The minimum atomic E-state index is -0.321. The number of ether oxygens (including phenoxy) is 1. The van der Waals surface area contributed by atoms with Crippen LogP contribution >= 0.6 is 0 Å². The second kappa shape index (κ2) is 9.08. The highest BCUT2D eigenvalue weighted by Gasteiger charge is 2.56. The van der Waals surface area contributed by atoms with E-state index in [-0.39, 0.29) is 28.9 Å². The first kappa shape index (κ1) is 23.3. The van der Waals surface area contributed by atoms with E-state index in [1.165, 1.54) is 16.7 Å². The van der Waals surface area contributed by atoms with Gasteiger partial charge in [-0.05, 0) is 56.2 Å². The Kier molecular flexibility index (Phi) is 5.88. The first-order valence-corrected chi connectivity index (χ1v) is 13.4. The summed E-state index contributed by atoms with van der Waals surface area (Å²) in [7, 11) is 0. The highest BCUT2D eigenvalue weighted by molar-refractivity contribution is 5.83. The number of carbonyl (C=O) groups is 1. The molecule has 2 saturated heterocycles. The van der Waals surface area contributed by atoms with Crippen molar-refractivity contribution in [3.63, 3.8) is 0 Å². The van der Waals surface area contributed by atoms with E-state index in [1.54, 1.807) is 0 Å². The third-order valence-electron chi connectivity index (χ3n) is 8.65. The zero-order valence-corrected chi connectivity index (χ0v) is 21.3. The van der Waals surface area contributed by atoms with Crippen molar-refractivity contribution in [1.29, 1.82) is 0 Å². The van der Waals surface area contributed by atoms with Crippen LogP contribution in [0.1, 0.15) is 61.8 Å². The number of para-hydroxylation sites is 1. The van der Waals surface area contributed by atoms with E-state index in [0.29, 0.717) is 12.5 Å². The summed E-state index contributed by atoms with van der Waals surface area (Å²) >= 11 is 0. The van der Waals surface area contributed by atoms with Crippen LogP contribution in [-0.4, -0.2) is 36.0 Å². The number of hydrogen-bond acceptors (Lipinski definition) is 3. The average molecular weight is 481 g/mol. The standard InChI is InChI=1S/C32H36N2O2/c1-31(2)21-32(26-15-9-10-16-29(26)36-31)22-33-20-27(32)30(35)34-18-17-25(23-11-5-3-6-12-23)19-28(34)24-13-7-4-8-14-24/h3-16,25,27-28,33H,17-22H2,1-2H3/t25-,27+,28+,32+/m1/s1. The van der Waals surface area contributed by atoms with Gasteiger partial charge >= 0.3 is 0 Å². The molecule has 0 radical (unpaired) electrons. The number of rotatable bonds is 3. The fraction of sp³-hybridized carbons (Fsp3) is 0.406. The van der Waals surface area contributed by atoms with Gasteiger partial charge in [-0.15, -0.1) is 0 Å². The summed E-state index contributed by atoms with van der Waals surface area (Å²) < 4.78 is 6.38. The number of likely N-dealkylation sites (tertiary alicyclic amines) is 1. The van der Waals surface area contributed by atoms with Crippen molar-refractivity contribution in [2.75, 3.05) is 19.6 Å². The van der Waals surface area contributed by atoms with Crippen LogP contribution in [0.2, 0.25) is 0 Å². The molecule has 1 N–H and O–H groups in total. The number of carbonyl (C=O) groups excluding carboxylic acids is 1. The average Bonchev–Trinajstić information content (AvgIpc) is 3.31. The van der Waals surface area contributed by atoms with Gasteiger partial charge in [0.15, 0.2) is 0 Å². The predicted molar refractivity (Wildman–Crippen MR) is 143 cm³/mol. The molecule has 1 spiro atoms. The monoisotopic (exact) mass is 480 g/mol. The van der Waals surface area contributed by atoms with Gasteiger partial charge in [-0.25, -0.2) is 0 Å². The molecule has 1 amide bonds. The third-order valence-corrected chi connectivity index (χ3v) is 8.65. The molecule has 0 aromatic heterocycles. The molecule has 3 aromatic rings. The molecule has 2 fully saturated rings. The van der Waals surface area contributed by atoms with Gasteiger partial charge < -0.3 is 15.0 Å². The third kappa shape index (κ3) is 4.02. The van der Waals surface area contributed by atoms with Crippen molar-refractivity contribution in [3.8, 4) is 5.75 Å². The maximum atomic E-state index is 14.6. The van der Waals surface area contributed by atoms with E-state index in [1.807, 2.05) is 6.07 Å². The van der Waals surface area contributed by atoms with Crippen LogP contribution < -0.4 is 10.1 Å². The molecule has 4 heteroatoms. The topological polar surface area (TPSA) is 41.6 Å². The van der Waals surface area contributed by atoms with Gasteiger partial charge in [-0.3, -0.25) is 4.79 Å². The molecule has 0 unspecified atom stereocenters. The van der Waals surface area contributed by atoms with E-state index in [4.69, 9.17) is 4.74 Å². The molecule has 0 bridgehead atoms. The lowest BCUT2D eigenvalue weighted by Gasteiger charge is -2.48. The highest BCUT2D eigenvalue weighted by Crippen LogP contribution is 2.52. The summed E-state index contributed by atoms with van der Waals surface area (Å²) in [5.74, 6) is 1.56. The van der Waals surface area contributed by atoms with Crippen LogP contribution in [0, 0.1) is 5.92 Å². The normalized spacial score (nSPS) is 28.9. The van der Waals surface area contributed by atoms with Crippen molar-refractivity contribution in [1.82, 2.24) is 10.2 Å². The van der Waals surface area contributed by atoms with E-state index in [0.717, 1.165) is 38.1 Å². The summed E-state index contributed by atoms with van der Waals surface area (Å²) in [4.78, 5) is 16.8. The Morgan fingerprint density at radius 2 is 1.58 bits per heavy atom. The molecular weight excluding hydrogens is 444 g/mol. The second-order valence-corrected chi connectivity index (χ2v) is 11.5. The smallest absolute Gasteiger partial charge is 0.228 e. The fourth-order valence-electron chi connectivity index (χ4n) is 7.15. The molecule has 3 heterocycles. The zero-order chi connectivity index (χ0) is 24.8. The molecule has 3 aliphatic heterocycles. The number of nitrogens with zero attached hydrogens (tertiary/aromatic N) is 1. The van der Waals surface area contributed by atoms with Gasteiger partial charge in [-0.1, -0.05) is 78.9 Å². The maximum Gasteiger partial charge on any atom is 0.228 e. The fourth-order valence-corrected chi connectivity index (χ4v) is 7.15. The number of benzene rings is 3. The molecule has 0 aliphatic carbocycles. The lowest BCUT2D eigenvalue weighted by molar-refractivity contribution is -0.142. The minimum absolute atomic E-state index is 0.0819. The van der Waals surface area contributed by atoms with Gasteiger partial charge in [0, 0.05) is 30.6 Å². The highest BCUT2D eigenvalue weighted by atomic mass is 16.5. The van der Waals surface area contributed by atoms with Gasteiger partial charge in [0.2, 0.25) is 5.91 Å². The van der Waals surface area contributed by atoms with Crippen molar-refractivity contribution in [2.45, 2.75) is 56.1 Å². The molecule has 3 aliphatic rings. The molecule has 4 nitrogen and oxygen atoms in total. The second-order valence-electron chi connectivity index (χ2n) is 11.5.